The molecule has 0 fully saturated rings. The first-order valence-electron chi connectivity index (χ1n) is 14.4. The fraction of sp³-hybridized carbons (Fsp3) is 0. The number of aromatic nitrogens is 3. The van der Waals surface area contributed by atoms with Gasteiger partial charge in [0.25, 0.3) is 0 Å². The lowest BCUT2D eigenvalue weighted by atomic mass is 10.00. The van der Waals surface area contributed by atoms with Crippen LogP contribution in [-0.2, 0) is 0 Å². The van der Waals surface area contributed by atoms with E-state index >= 15 is 0 Å². The second kappa shape index (κ2) is 8.51. The molecule has 0 radical (unpaired) electrons. The summed E-state index contributed by atoms with van der Waals surface area (Å²) in [6.07, 6.45) is 0. The van der Waals surface area contributed by atoms with E-state index < -0.39 is 0 Å². The third-order valence-electron chi connectivity index (χ3n) is 8.61. The summed E-state index contributed by atoms with van der Waals surface area (Å²) in [5.41, 5.74) is 4.59. The van der Waals surface area contributed by atoms with Gasteiger partial charge in [0.1, 0.15) is 5.58 Å². The minimum Gasteiger partial charge on any atom is -0.437 e. The maximum Gasteiger partial charge on any atom is 0.233 e. The molecule has 4 aromatic heterocycles. The minimum atomic E-state index is 0.586. The topological polar surface area (TPSA) is 43.9 Å². The molecule has 0 amide bonds. The van der Waals surface area contributed by atoms with E-state index in [-0.39, 0.29) is 0 Å². The molecule has 4 heterocycles. The van der Waals surface area contributed by atoms with Gasteiger partial charge in [0.05, 0.1) is 16.4 Å². The smallest absolute Gasteiger partial charge is 0.233 e. The predicted molar refractivity (Wildman–Crippen MR) is 179 cm³/mol. The summed E-state index contributed by atoms with van der Waals surface area (Å²) in [5, 5.41) is 9.42. The van der Waals surface area contributed by atoms with Gasteiger partial charge in [-0.3, -0.25) is 4.57 Å². The monoisotopic (exact) mass is 567 g/mol. The SMILES string of the molecule is c1ccc(-c2nc(-n3c4ccccc4c4c5c6ccccc6sc5c5ccccc5c43)c3c(n2)oc2ccccc23)cc1. The Hall–Kier alpha value is -5.52. The Morgan fingerprint density at radius 3 is 2.07 bits per heavy atom. The number of fused-ring (bicyclic) bond motifs is 13. The van der Waals surface area contributed by atoms with Crippen molar-refractivity contribution in [3.63, 3.8) is 0 Å². The maximum atomic E-state index is 6.42. The third-order valence-corrected chi connectivity index (χ3v) is 9.81. The van der Waals surface area contributed by atoms with E-state index in [1.54, 1.807) is 0 Å². The van der Waals surface area contributed by atoms with Crippen molar-refractivity contribution in [3.8, 4) is 17.2 Å². The molecule has 10 aromatic rings. The van der Waals surface area contributed by atoms with Crippen molar-refractivity contribution >= 4 is 86.2 Å². The molecule has 0 spiro atoms. The van der Waals surface area contributed by atoms with Gasteiger partial charge in [0.15, 0.2) is 11.6 Å². The van der Waals surface area contributed by atoms with Crippen molar-refractivity contribution in [3.05, 3.63) is 127 Å². The number of rotatable bonds is 2. The van der Waals surface area contributed by atoms with Crippen molar-refractivity contribution in [2.75, 3.05) is 0 Å². The summed E-state index contributed by atoms with van der Waals surface area (Å²) >= 11 is 1.88. The second-order valence-corrected chi connectivity index (χ2v) is 12.0. The predicted octanol–water partition coefficient (Wildman–Crippen LogP) is 10.7. The lowest BCUT2D eigenvalue weighted by Gasteiger charge is -2.12. The number of hydrogen-bond donors (Lipinski definition) is 0. The fourth-order valence-electron chi connectivity index (χ4n) is 6.82. The van der Waals surface area contributed by atoms with Crippen molar-refractivity contribution in [2.24, 2.45) is 0 Å². The Morgan fingerprint density at radius 2 is 1.21 bits per heavy atom. The van der Waals surface area contributed by atoms with Gasteiger partial charge in [0, 0.05) is 52.7 Å². The number of benzene rings is 6. The summed E-state index contributed by atoms with van der Waals surface area (Å²) < 4.78 is 11.4. The van der Waals surface area contributed by atoms with Crippen molar-refractivity contribution in [1.29, 1.82) is 0 Å². The molecule has 10 rings (SSSR count). The summed E-state index contributed by atoms with van der Waals surface area (Å²) in [6.45, 7) is 0. The number of hydrogen-bond acceptors (Lipinski definition) is 4. The molecule has 0 aliphatic heterocycles. The number of para-hydroxylation sites is 2. The summed E-state index contributed by atoms with van der Waals surface area (Å²) in [5.74, 6) is 1.46. The van der Waals surface area contributed by atoms with Crippen LogP contribution in [0.5, 0.6) is 0 Å². The van der Waals surface area contributed by atoms with Crippen LogP contribution in [-0.4, -0.2) is 14.5 Å². The second-order valence-electron chi connectivity index (χ2n) is 10.9. The minimum absolute atomic E-state index is 0.586. The van der Waals surface area contributed by atoms with E-state index in [4.69, 9.17) is 14.4 Å². The Morgan fingerprint density at radius 1 is 0.535 bits per heavy atom. The zero-order chi connectivity index (χ0) is 28.1. The van der Waals surface area contributed by atoms with E-state index in [2.05, 4.69) is 102 Å². The zero-order valence-corrected chi connectivity index (χ0v) is 23.6. The summed E-state index contributed by atoms with van der Waals surface area (Å²) in [7, 11) is 0. The van der Waals surface area contributed by atoms with Gasteiger partial charge >= 0.3 is 0 Å². The van der Waals surface area contributed by atoms with E-state index in [1.165, 1.54) is 41.7 Å². The van der Waals surface area contributed by atoms with E-state index in [0.29, 0.717) is 11.5 Å². The molecule has 43 heavy (non-hydrogen) atoms. The van der Waals surface area contributed by atoms with E-state index in [0.717, 1.165) is 38.8 Å². The molecular formula is C38H21N3OS. The van der Waals surface area contributed by atoms with Gasteiger partial charge in [-0.05, 0) is 18.2 Å². The molecular weight excluding hydrogens is 547 g/mol. The molecule has 0 aliphatic rings. The van der Waals surface area contributed by atoms with Gasteiger partial charge < -0.3 is 4.42 Å². The van der Waals surface area contributed by atoms with Crippen LogP contribution < -0.4 is 0 Å². The van der Waals surface area contributed by atoms with Gasteiger partial charge in [-0.25, -0.2) is 4.98 Å². The Labute approximate surface area is 249 Å². The molecule has 0 atom stereocenters. The molecule has 5 heteroatoms. The largest absolute Gasteiger partial charge is 0.437 e. The normalized spacial score (nSPS) is 12.2. The molecule has 0 aliphatic carbocycles. The van der Waals surface area contributed by atoms with Gasteiger partial charge in [-0.15, -0.1) is 11.3 Å². The third kappa shape index (κ3) is 3.09. The van der Waals surface area contributed by atoms with Crippen molar-refractivity contribution < 1.29 is 4.42 Å². The van der Waals surface area contributed by atoms with Crippen molar-refractivity contribution in [1.82, 2.24) is 14.5 Å². The first-order valence-corrected chi connectivity index (χ1v) is 15.2. The zero-order valence-electron chi connectivity index (χ0n) is 22.8. The summed E-state index contributed by atoms with van der Waals surface area (Å²) in [6, 6.07) is 44.6. The molecule has 200 valence electrons. The standard InChI is InChI=1S/C38H21N3OS/c1-2-12-22(13-3-1)36-39-37(33-26-17-7-10-20-29(26)42-38(33)40-36)41-28-19-9-6-16-25(28)31-32-27-18-8-11-21-30(27)43-35(32)24-15-5-4-14-23(24)34(31)41/h1-21H. The van der Waals surface area contributed by atoms with E-state index in [1.807, 2.05) is 41.7 Å². The van der Waals surface area contributed by atoms with Crippen LogP contribution in [0.1, 0.15) is 0 Å². The van der Waals surface area contributed by atoms with Crippen LogP contribution in [0.25, 0.3) is 92.0 Å². The number of furan rings is 1. The van der Waals surface area contributed by atoms with Crippen LogP contribution in [0.3, 0.4) is 0 Å². The maximum absolute atomic E-state index is 6.42. The van der Waals surface area contributed by atoms with Gasteiger partial charge in [-0.2, -0.15) is 4.98 Å². The van der Waals surface area contributed by atoms with Crippen molar-refractivity contribution in [2.45, 2.75) is 0 Å². The lowest BCUT2D eigenvalue weighted by molar-refractivity contribution is 0.653. The van der Waals surface area contributed by atoms with Crippen LogP contribution in [0.4, 0.5) is 0 Å². The highest BCUT2D eigenvalue weighted by atomic mass is 32.1. The molecule has 4 nitrogen and oxygen atoms in total. The highest BCUT2D eigenvalue weighted by Crippen LogP contribution is 2.48. The average molecular weight is 568 g/mol. The Balaban J connectivity index is 1.50. The summed E-state index contributed by atoms with van der Waals surface area (Å²) in [4.78, 5) is 10.3. The molecule has 0 bridgehead atoms. The molecule has 6 aromatic carbocycles. The number of thiophene rings is 1. The molecule has 0 saturated heterocycles. The average Bonchev–Trinajstić information content (AvgIpc) is 3.75. The highest BCUT2D eigenvalue weighted by molar-refractivity contribution is 7.27. The Bertz CT molecular complexity index is 2730. The quantitative estimate of drug-likeness (QED) is 0.209. The van der Waals surface area contributed by atoms with Crippen LogP contribution in [0.2, 0.25) is 0 Å². The number of nitrogens with zero attached hydrogens (tertiary/aromatic N) is 3. The van der Waals surface area contributed by atoms with Crippen LogP contribution in [0.15, 0.2) is 132 Å². The first-order chi connectivity index (χ1) is 21.3. The highest BCUT2D eigenvalue weighted by Gasteiger charge is 2.25. The lowest BCUT2D eigenvalue weighted by Crippen LogP contribution is -2.02. The van der Waals surface area contributed by atoms with Crippen LogP contribution in [0, 0.1) is 0 Å². The first kappa shape index (κ1) is 23.1. The van der Waals surface area contributed by atoms with E-state index in [9.17, 15) is 0 Å². The molecule has 0 unspecified atom stereocenters. The Kier molecular flexibility index (Phi) is 4.57. The fourth-order valence-corrected chi connectivity index (χ4v) is 8.07. The molecule has 0 N–H and O–H groups in total. The van der Waals surface area contributed by atoms with Gasteiger partial charge in [-0.1, -0.05) is 109 Å². The van der Waals surface area contributed by atoms with Gasteiger partial charge in [0.2, 0.25) is 5.71 Å². The van der Waals surface area contributed by atoms with Crippen LogP contribution >= 0.6 is 11.3 Å². The molecule has 0 saturated carbocycles.